The standard InChI is InChI=1S/C19H22FNO3/c1-12-5-6-14(19(23)21(3)4)10-18(12)24-11-17(22)16-8-7-15(20)9-13(16)2/h5-10,17,22H,11H2,1-4H3. The summed E-state index contributed by atoms with van der Waals surface area (Å²) in [4.78, 5) is 13.5. The number of carbonyl (C=O) groups excluding carboxylic acids is 1. The summed E-state index contributed by atoms with van der Waals surface area (Å²) < 4.78 is 18.8. The molecule has 0 aromatic heterocycles. The van der Waals surface area contributed by atoms with E-state index in [1.165, 1.54) is 17.0 Å². The van der Waals surface area contributed by atoms with Crippen molar-refractivity contribution in [2.24, 2.45) is 0 Å². The maximum atomic E-state index is 13.2. The van der Waals surface area contributed by atoms with E-state index < -0.39 is 6.10 Å². The molecular formula is C19H22FNO3. The first-order chi connectivity index (χ1) is 11.3. The van der Waals surface area contributed by atoms with Crippen molar-refractivity contribution >= 4 is 5.91 Å². The minimum absolute atomic E-state index is 0.0208. The first kappa shape index (κ1) is 17.9. The van der Waals surface area contributed by atoms with Crippen LogP contribution in [0.2, 0.25) is 0 Å². The Balaban J connectivity index is 2.13. The van der Waals surface area contributed by atoms with Crippen LogP contribution in [0.5, 0.6) is 5.75 Å². The minimum Gasteiger partial charge on any atom is -0.490 e. The van der Waals surface area contributed by atoms with Crippen LogP contribution in [0.15, 0.2) is 36.4 Å². The molecule has 1 amide bonds. The zero-order chi connectivity index (χ0) is 17.9. The number of amides is 1. The van der Waals surface area contributed by atoms with Crippen LogP contribution in [0.1, 0.15) is 33.2 Å². The number of hydrogen-bond donors (Lipinski definition) is 1. The Morgan fingerprint density at radius 3 is 2.50 bits per heavy atom. The van der Waals surface area contributed by atoms with Gasteiger partial charge in [0.2, 0.25) is 0 Å². The van der Waals surface area contributed by atoms with Crippen LogP contribution in [0, 0.1) is 19.7 Å². The molecule has 1 N–H and O–H groups in total. The zero-order valence-corrected chi connectivity index (χ0v) is 14.3. The van der Waals surface area contributed by atoms with Crippen molar-refractivity contribution < 1.29 is 19.0 Å². The number of aliphatic hydroxyl groups is 1. The summed E-state index contributed by atoms with van der Waals surface area (Å²) in [7, 11) is 3.37. The summed E-state index contributed by atoms with van der Waals surface area (Å²) in [6, 6.07) is 9.46. The zero-order valence-electron chi connectivity index (χ0n) is 14.3. The topological polar surface area (TPSA) is 49.8 Å². The van der Waals surface area contributed by atoms with E-state index in [9.17, 15) is 14.3 Å². The van der Waals surface area contributed by atoms with Gasteiger partial charge in [0, 0.05) is 19.7 Å². The molecule has 0 spiro atoms. The lowest BCUT2D eigenvalue weighted by Gasteiger charge is -2.17. The largest absolute Gasteiger partial charge is 0.490 e. The molecule has 1 unspecified atom stereocenters. The summed E-state index contributed by atoms with van der Waals surface area (Å²) in [5.41, 5.74) is 2.68. The van der Waals surface area contributed by atoms with Crippen LogP contribution in [-0.2, 0) is 0 Å². The van der Waals surface area contributed by atoms with Crippen molar-refractivity contribution in [2.45, 2.75) is 20.0 Å². The second kappa shape index (κ2) is 7.45. The molecule has 1 atom stereocenters. The van der Waals surface area contributed by atoms with Crippen molar-refractivity contribution in [3.8, 4) is 5.75 Å². The number of carbonyl (C=O) groups is 1. The molecule has 0 saturated heterocycles. The average molecular weight is 331 g/mol. The van der Waals surface area contributed by atoms with Gasteiger partial charge in [0.15, 0.2) is 0 Å². The summed E-state index contributed by atoms with van der Waals surface area (Å²) >= 11 is 0. The molecule has 0 radical (unpaired) electrons. The fraction of sp³-hybridized carbons (Fsp3) is 0.316. The lowest BCUT2D eigenvalue weighted by atomic mass is 10.0. The van der Waals surface area contributed by atoms with Gasteiger partial charge >= 0.3 is 0 Å². The van der Waals surface area contributed by atoms with Gasteiger partial charge in [-0.05, 0) is 54.8 Å². The second-order valence-electron chi connectivity index (χ2n) is 6.01. The van der Waals surface area contributed by atoms with Crippen LogP contribution in [-0.4, -0.2) is 36.6 Å². The van der Waals surface area contributed by atoms with E-state index in [2.05, 4.69) is 0 Å². The maximum Gasteiger partial charge on any atom is 0.253 e. The van der Waals surface area contributed by atoms with Crippen LogP contribution in [0.25, 0.3) is 0 Å². The highest BCUT2D eigenvalue weighted by Crippen LogP contribution is 2.24. The van der Waals surface area contributed by atoms with Gasteiger partial charge in [0.05, 0.1) is 0 Å². The Labute approximate surface area is 141 Å². The lowest BCUT2D eigenvalue weighted by Crippen LogP contribution is -2.21. The monoisotopic (exact) mass is 331 g/mol. The predicted molar refractivity (Wildman–Crippen MR) is 90.8 cm³/mol. The van der Waals surface area contributed by atoms with E-state index >= 15 is 0 Å². The Kier molecular flexibility index (Phi) is 5.57. The SMILES string of the molecule is Cc1ccc(C(=O)N(C)C)cc1OCC(O)c1ccc(F)cc1C. The molecule has 5 heteroatoms. The first-order valence-corrected chi connectivity index (χ1v) is 7.69. The first-order valence-electron chi connectivity index (χ1n) is 7.69. The summed E-state index contributed by atoms with van der Waals surface area (Å²) in [5, 5.41) is 10.3. The molecule has 2 aromatic rings. The Morgan fingerprint density at radius 1 is 1.17 bits per heavy atom. The molecule has 0 aliphatic carbocycles. The quantitative estimate of drug-likeness (QED) is 0.915. The van der Waals surface area contributed by atoms with E-state index in [4.69, 9.17) is 4.74 Å². The van der Waals surface area contributed by atoms with Gasteiger partial charge in [-0.15, -0.1) is 0 Å². The smallest absolute Gasteiger partial charge is 0.253 e. The third kappa shape index (κ3) is 4.11. The van der Waals surface area contributed by atoms with Gasteiger partial charge in [-0.2, -0.15) is 0 Å². The molecule has 0 heterocycles. The van der Waals surface area contributed by atoms with E-state index in [1.807, 2.05) is 13.0 Å². The average Bonchev–Trinajstić information content (AvgIpc) is 2.53. The number of hydrogen-bond acceptors (Lipinski definition) is 3. The normalized spacial score (nSPS) is 11.9. The number of halogens is 1. The summed E-state index contributed by atoms with van der Waals surface area (Å²) in [5.74, 6) is 0.0893. The molecule has 24 heavy (non-hydrogen) atoms. The number of nitrogens with zero attached hydrogens (tertiary/aromatic N) is 1. The van der Waals surface area contributed by atoms with Crippen molar-refractivity contribution in [1.82, 2.24) is 4.90 Å². The van der Waals surface area contributed by atoms with Gasteiger partial charge < -0.3 is 14.7 Å². The van der Waals surface area contributed by atoms with Crippen molar-refractivity contribution in [3.63, 3.8) is 0 Å². The fourth-order valence-corrected chi connectivity index (χ4v) is 2.42. The van der Waals surface area contributed by atoms with E-state index in [1.54, 1.807) is 39.2 Å². The Hall–Kier alpha value is -2.40. The molecule has 128 valence electrons. The van der Waals surface area contributed by atoms with Gasteiger partial charge in [-0.25, -0.2) is 4.39 Å². The van der Waals surface area contributed by atoms with Gasteiger partial charge in [0.1, 0.15) is 24.3 Å². The molecule has 0 saturated carbocycles. The number of aliphatic hydroxyl groups excluding tert-OH is 1. The second-order valence-corrected chi connectivity index (χ2v) is 6.01. The third-order valence-electron chi connectivity index (χ3n) is 3.83. The molecule has 4 nitrogen and oxygen atoms in total. The molecule has 2 aromatic carbocycles. The van der Waals surface area contributed by atoms with Crippen LogP contribution in [0.4, 0.5) is 4.39 Å². The van der Waals surface area contributed by atoms with Gasteiger partial charge in [-0.3, -0.25) is 4.79 Å². The van der Waals surface area contributed by atoms with E-state index in [0.29, 0.717) is 22.4 Å². The van der Waals surface area contributed by atoms with Crippen LogP contribution < -0.4 is 4.74 Å². The highest BCUT2D eigenvalue weighted by atomic mass is 19.1. The minimum atomic E-state index is -0.877. The molecule has 0 fully saturated rings. The number of aryl methyl sites for hydroxylation is 2. The lowest BCUT2D eigenvalue weighted by molar-refractivity contribution is 0.0826. The van der Waals surface area contributed by atoms with Crippen molar-refractivity contribution in [3.05, 3.63) is 64.5 Å². The number of rotatable bonds is 5. The molecule has 0 bridgehead atoms. The maximum absolute atomic E-state index is 13.2. The van der Waals surface area contributed by atoms with Gasteiger partial charge in [0.25, 0.3) is 5.91 Å². The van der Waals surface area contributed by atoms with Crippen molar-refractivity contribution in [2.75, 3.05) is 20.7 Å². The number of benzene rings is 2. The fourth-order valence-electron chi connectivity index (χ4n) is 2.42. The Bertz CT molecular complexity index is 743. The predicted octanol–water partition coefficient (Wildman–Crippen LogP) is 3.26. The molecule has 0 aliphatic heterocycles. The molecule has 0 aliphatic rings. The van der Waals surface area contributed by atoms with Gasteiger partial charge in [-0.1, -0.05) is 12.1 Å². The highest BCUT2D eigenvalue weighted by Gasteiger charge is 2.14. The van der Waals surface area contributed by atoms with E-state index in [-0.39, 0.29) is 18.3 Å². The summed E-state index contributed by atoms with van der Waals surface area (Å²) in [6.07, 6.45) is -0.877. The third-order valence-corrected chi connectivity index (χ3v) is 3.83. The highest BCUT2D eigenvalue weighted by molar-refractivity contribution is 5.94. The van der Waals surface area contributed by atoms with E-state index in [0.717, 1.165) is 5.56 Å². The number of ether oxygens (including phenoxy) is 1. The Morgan fingerprint density at radius 2 is 1.88 bits per heavy atom. The molecule has 2 rings (SSSR count). The van der Waals surface area contributed by atoms with Crippen LogP contribution >= 0.6 is 0 Å². The van der Waals surface area contributed by atoms with Crippen molar-refractivity contribution in [1.29, 1.82) is 0 Å². The van der Waals surface area contributed by atoms with Crippen LogP contribution in [0.3, 0.4) is 0 Å². The molecular weight excluding hydrogens is 309 g/mol. The summed E-state index contributed by atoms with van der Waals surface area (Å²) in [6.45, 7) is 3.63.